The maximum atomic E-state index is 12.0. The monoisotopic (exact) mass is 218 g/mol. The number of rotatable bonds is 4. The summed E-state index contributed by atoms with van der Waals surface area (Å²) in [7, 11) is 1.65. The lowest BCUT2D eigenvalue weighted by Crippen LogP contribution is -2.13. The number of ether oxygens (including phenoxy) is 1. The Bertz CT molecular complexity index is 365. The Morgan fingerprint density at radius 2 is 2.00 bits per heavy atom. The zero-order chi connectivity index (χ0) is 11.4. The van der Waals surface area contributed by atoms with Crippen LogP contribution < -0.4 is 4.74 Å². The normalized spacial score (nSPS) is 16.3. The van der Waals surface area contributed by atoms with Gasteiger partial charge in [-0.25, -0.2) is 0 Å². The molecule has 2 rings (SSSR count). The molecule has 1 aromatic carbocycles. The molecule has 0 spiro atoms. The molecule has 0 aliphatic heterocycles. The molecule has 0 N–H and O–H groups in total. The molecule has 0 saturated heterocycles. The van der Waals surface area contributed by atoms with Gasteiger partial charge in [0.15, 0.2) is 0 Å². The lowest BCUT2D eigenvalue weighted by atomic mass is 9.96. The third-order valence-corrected chi connectivity index (χ3v) is 3.37. The van der Waals surface area contributed by atoms with E-state index >= 15 is 0 Å². The SMILES string of the molecule is COc1ccccc1CC(=O)C1CCCC1. The van der Waals surface area contributed by atoms with E-state index in [0.717, 1.165) is 24.2 Å². The number of para-hydroxylation sites is 1. The van der Waals surface area contributed by atoms with Crippen molar-refractivity contribution in [2.45, 2.75) is 32.1 Å². The first-order chi connectivity index (χ1) is 7.81. The maximum absolute atomic E-state index is 12.0. The van der Waals surface area contributed by atoms with Crippen molar-refractivity contribution in [1.82, 2.24) is 0 Å². The molecule has 16 heavy (non-hydrogen) atoms. The summed E-state index contributed by atoms with van der Waals surface area (Å²) >= 11 is 0. The predicted octanol–water partition coefficient (Wildman–Crippen LogP) is 3.00. The molecule has 1 aliphatic carbocycles. The van der Waals surface area contributed by atoms with Crippen LogP contribution in [0.25, 0.3) is 0 Å². The van der Waals surface area contributed by atoms with Crippen LogP contribution in [0.4, 0.5) is 0 Å². The van der Waals surface area contributed by atoms with Gasteiger partial charge in [0.1, 0.15) is 11.5 Å². The average Bonchev–Trinajstić information content (AvgIpc) is 2.83. The van der Waals surface area contributed by atoms with Crippen molar-refractivity contribution in [1.29, 1.82) is 0 Å². The highest BCUT2D eigenvalue weighted by molar-refractivity contribution is 5.84. The van der Waals surface area contributed by atoms with Gasteiger partial charge in [0, 0.05) is 17.9 Å². The summed E-state index contributed by atoms with van der Waals surface area (Å²) in [6.07, 6.45) is 5.10. The van der Waals surface area contributed by atoms with Crippen molar-refractivity contribution >= 4 is 5.78 Å². The summed E-state index contributed by atoms with van der Waals surface area (Å²) < 4.78 is 5.26. The van der Waals surface area contributed by atoms with Crippen LogP contribution in [0.2, 0.25) is 0 Å². The summed E-state index contributed by atoms with van der Waals surface area (Å²) in [6.45, 7) is 0. The minimum atomic E-state index is 0.296. The fourth-order valence-corrected chi connectivity index (χ4v) is 2.43. The van der Waals surface area contributed by atoms with Crippen LogP contribution in [-0.4, -0.2) is 12.9 Å². The van der Waals surface area contributed by atoms with Crippen LogP contribution in [0.15, 0.2) is 24.3 Å². The second-order valence-electron chi connectivity index (χ2n) is 4.44. The molecule has 2 heteroatoms. The van der Waals surface area contributed by atoms with Gasteiger partial charge in [-0.15, -0.1) is 0 Å². The number of benzene rings is 1. The van der Waals surface area contributed by atoms with E-state index in [1.54, 1.807) is 7.11 Å². The minimum Gasteiger partial charge on any atom is -0.496 e. The van der Waals surface area contributed by atoms with E-state index in [1.165, 1.54) is 12.8 Å². The van der Waals surface area contributed by atoms with Crippen molar-refractivity contribution < 1.29 is 9.53 Å². The molecule has 0 atom stereocenters. The van der Waals surface area contributed by atoms with Crippen molar-refractivity contribution in [2.24, 2.45) is 5.92 Å². The summed E-state index contributed by atoms with van der Waals surface area (Å²) in [5.74, 6) is 1.50. The fourth-order valence-electron chi connectivity index (χ4n) is 2.43. The first-order valence-corrected chi connectivity index (χ1v) is 5.96. The standard InChI is InChI=1S/C14H18O2/c1-16-14-9-5-4-8-12(14)10-13(15)11-6-2-3-7-11/h4-5,8-9,11H,2-3,6-7,10H2,1H3. The Kier molecular flexibility index (Phi) is 3.60. The van der Waals surface area contributed by atoms with Gasteiger partial charge >= 0.3 is 0 Å². The Balaban J connectivity index is 2.05. The average molecular weight is 218 g/mol. The van der Waals surface area contributed by atoms with E-state index in [4.69, 9.17) is 4.74 Å². The van der Waals surface area contributed by atoms with Gasteiger partial charge in [0.2, 0.25) is 0 Å². The second kappa shape index (κ2) is 5.15. The largest absolute Gasteiger partial charge is 0.496 e. The zero-order valence-electron chi connectivity index (χ0n) is 9.74. The Morgan fingerprint density at radius 1 is 1.31 bits per heavy atom. The molecule has 2 nitrogen and oxygen atoms in total. The van der Waals surface area contributed by atoms with Crippen LogP contribution in [0, 0.1) is 5.92 Å². The van der Waals surface area contributed by atoms with Gasteiger partial charge in [0.25, 0.3) is 0 Å². The summed E-state index contributed by atoms with van der Waals surface area (Å²) in [6, 6.07) is 7.78. The van der Waals surface area contributed by atoms with Gasteiger partial charge in [-0.2, -0.15) is 0 Å². The number of hydrogen-bond acceptors (Lipinski definition) is 2. The molecule has 1 aromatic rings. The third-order valence-electron chi connectivity index (χ3n) is 3.37. The minimum absolute atomic E-state index is 0.296. The van der Waals surface area contributed by atoms with Crippen LogP contribution in [-0.2, 0) is 11.2 Å². The van der Waals surface area contributed by atoms with Gasteiger partial charge < -0.3 is 4.74 Å². The number of carbonyl (C=O) groups is 1. The van der Waals surface area contributed by atoms with Crippen molar-refractivity contribution in [3.8, 4) is 5.75 Å². The molecular formula is C14H18O2. The van der Waals surface area contributed by atoms with Crippen molar-refractivity contribution in [2.75, 3.05) is 7.11 Å². The van der Waals surface area contributed by atoms with E-state index in [9.17, 15) is 4.79 Å². The molecule has 0 unspecified atom stereocenters. The first kappa shape index (κ1) is 11.2. The van der Waals surface area contributed by atoms with E-state index in [1.807, 2.05) is 24.3 Å². The highest BCUT2D eigenvalue weighted by Crippen LogP contribution is 2.28. The topological polar surface area (TPSA) is 26.3 Å². The smallest absolute Gasteiger partial charge is 0.140 e. The van der Waals surface area contributed by atoms with Crippen LogP contribution in [0.5, 0.6) is 5.75 Å². The molecule has 0 radical (unpaired) electrons. The van der Waals surface area contributed by atoms with Gasteiger partial charge in [0.05, 0.1) is 7.11 Å². The predicted molar refractivity (Wildman–Crippen MR) is 63.7 cm³/mol. The fraction of sp³-hybridized carbons (Fsp3) is 0.500. The lowest BCUT2D eigenvalue weighted by Gasteiger charge is -2.10. The molecule has 86 valence electrons. The summed E-state index contributed by atoms with van der Waals surface area (Å²) in [4.78, 5) is 12.0. The van der Waals surface area contributed by atoms with E-state index < -0.39 is 0 Å². The second-order valence-corrected chi connectivity index (χ2v) is 4.44. The van der Waals surface area contributed by atoms with Crippen LogP contribution >= 0.6 is 0 Å². The molecule has 1 fully saturated rings. The van der Waals surface area contributed by atoms with E-state index in [2.05, 4.69) is 0 Å². The number of carbonyl (C=O) groups excluding carboxylic acids is 1. The number of hydrogen-bond donors (Lipinski definition) is 0. The lowest BCUT2D eigenvalue weighted by molar-refractivity contribution is -0.122. The Morgan fingerprint density at radius 3 is 2.69 bits per heavy atom. The quantitative estimate of drug-likeness (QED) is 0.776. The number of methoxy groups -OCH3 is 1. The Labute approximate surface area is 96.6 Å². The summed E-state index contributed by atoms with van der Waals surface area (Å²) in [5.41, 5.74) is 1.02. The van der Waals surface area contributed by atoms with Crippen LogP contribution in [0.1, 0.15) is 31.2 Å². The van der Waals surface area contributed by atoms with E-state index in [0.29, 0.717) is 18.1 Å². The van der Waals surface area contributed by atoms with Crippen molar-refractivity contribution in [3.05, 3.63) is 29.8 Å². The molecular weight excluding hydrogens is 200 g/mol. The van der Waals surface area contributed by atoms with Crippen molar-refractivity contribution in [3.63, 3.8) is 0 Å². The molecule has 0 aromatic heterocycles. The van der Waals surface area contributed by atoms with Gasteiger partial charge in [-0.3, -0.25) is 4.79 Å². The number of Topliss-reactive ketones (excluding diaryl/α,β-unsaturated/α-hetero) is 1. The summed E-state index contributed by atoms with van der Waals surface area (Å²) in [5, 5.41) is 0. The van der Waals surface area contributed by atoms with Crippen LogP contribution in [0.3, 0.4) is 0 Å². The molecule has 1 saturated carbocycles. The molecule has 0 heterocycles. The molecule has 0 amide bonds. The zero-order valence-corrected chi connectivity index (χ0v) is 9.74. The highest BCUT2D eigenvalue weighted by atomic mass is 16.5. The highest BCUT2D eigenvalue weighted by Gasteiger charge is 2.23. The molecule has 1 aliphatic rings. The third kappa shape index (κ3) is 2.43. The molecule has 0 bridgehead atoms. The number of ketones is 1. The van der Waals surface area contributed by atoms with E-state index in [-0.39, 0.29) is 0 Å². The van der Waals surface area contributed by atoms with Gasteiger partial charge in [-0.05, 0) is 18.9 Å². The Hall–Kier alpha value is -1.31. The first-order valence-electron chi connectivity index (χ1n) is 5.96. The van der Waals surface area contributed by atoms with Gasteiger partial charge in [-0.1, -0.05) is 31.0 Å². The maximum Gasteiger partial charge on any atom is 0.140 e.